The van der Waals surface area contributed by atoms with Crippen LogP contribution in [-0.2, 0) is 4.74 Å². The van der Waals surface area contributed by atoms with Gasteiger partial charge in [-0.05, 0) is 80.9 Å². The van der Waals surface area contributed by atoms with Crippen LogP contribution in [0.25, 0.3) is 0 Å². The van der Waals surface area contributed by atoms with E-state index < -0.39 is 0 Å². The highest BCUT2D eigenvalue weighted by atomic mass is 32.1. The van der Waals surface area contributed by atoms with Crippen molar-refractivity contribution < 1.29 is 9.53 Å². The van der Waals surface area contributed by atoms with Gasteiger partial charge in [0.15, 0.2) is 5.11 Å². The summed E-state index contributed by atoms with van der Waals surface area (Å²) in [6.07, 6.45) is 0. The first-order valence-corrected chi connectivity index (χ1v) is 8.73. The summed E-state index contributed by atoms with van der Waals surface area (Å²) in [6.45, 7) is 8.43. The molecule has 2 N–H and O–H groups in total. The molecule has 2 aromatic rings. The van der Waals surface area contributed by atoms with E-state index in [1.807, 2.05) is 0 Å². The minimum Gasteiger partial charge on any atom is -0.462 e. The lowest BCUT2D eigenvalue weighted by Crippen LogP contribution is -2.30. The lowest BCUT2D eigenvalue weighted by atomic mass is 10.0. The van der Waals surface area contributed by atoms with Crippen molar-refractivity contribution in [2.45, 2.75) is 33.7 Å². The van der Waals surface area contributed by atoms with E-state index >= 15 is 0 Å². The van der Waals surface area contributed by atoms with Crippen LogP contribution in [0.1, 0.15) is 46.9 Å². The molecule has 0 fully saturated rings. The van der Waals surface area contributed by atoms with Gasteiger partial charge in [-0.1, -0.05) is 18.2 Å². The summed E-state index contributed by atoms with van der Waals surface area (Å²) in [4.78, 5) is 11.7. The Bertz CT molecular complexity index is 757. The lowest BCUT2D eigenvalue weighted by molar-refractivity contribution is 0.0526. The number of rotatable bonds is 5. The molecule has 0 heterocycles. The summed E-state index contributed by atoms with van der Waals surface area (Å²) in [6, 6.07) is 13.5. The van der Waals surface area contributed by atoms with E-state index in [2.05, 4.69) is 49.6 Å². The molecular formula is C20H24N2O2S. The van der Waals surface area contributed by atoms with Crippen LogP contribution in [0, 0.1) is 13.8 Å². The van der Waals surface area contributed by atoms with Crippen LogP contribution in [-0.4, -0.2) is 17.7 Å². The molecular weight excluding hydrogens is 332 g/mol. The van der Waals surface area contributed by atoms with Gasteiger partial charge in [-0.3, -0.25) is 0 Å². The van der Waals surface area contributed by atoms with Crippen LogP contribution in [0.2, 0.25) is 0 Å². The zero-order valence-electron chi connectivity index (χ0n) is 15.1. The molecule has 0 saturated heterocycles. The number of hydrogen-bond acceptors (Lipinski definition) is 3. The van der Waals surface area contributed by atoms with E-state index in [1.54, 1.807) is 31.2 Å². The fourth-order valence-corrected chi connectivity index (χ4v) is 2.68. The summed E-state index contributed by atoms with van der Waals surface area (Å²) < 4.78 is 4.97. The monoisotopic (exact) mass is 356 g/mol. The molecule has 2 aromatic carbocycles. The predicted octanol–water partition coefficient (Wildman–Crippen LogP) is 4.53. The minimum atomic E-state index is -0.321. The first-order valence-electron chi connectivity index (χ1n) is 8.32. The van der Waals surface area contributed by atoms with E-state index in [1.165, 1.54) is 16.7 Å². The fraction of sp³-hybridized carbons (Fsp3) is 0.300. The number of aryl methyl sites for hydroxylation is 2. The topological polar surface area (TPSA) is 50.4 Å². The number of hydrogen-bond donors (Lipinski definition) is 2. The molecule has 0 aliphatic rings. The number of benzene rings is 2. The van der Waals surface area contributed by atoms with Gasteiger partial charge >= 0.3 is 5.97 Å². The second-order valence-electron chi connectivity index (χ2n) is 5.96. The Labute approximate surface area is 154 Å². The van der Waals surface area contributed by atoms with Crippen LogP contribution in [0.3, 0.4) is 0 Å². The number of nitrogens with one attached hydrogen (secondary N) is 2. The molecule has 0 spiro atoms. The minimum absolute atomic E-state index is 0.0955. The SMILES string of the molecule is CCOC(=O)c1ccc(NC(=S)N[C@@H](C)c2ccc(C)c(C)c2)cc1. The number of esters is 1. The maximum atomic E-state index is 11.7. The van der Waals surface area contributed by atoms with E-state index in [0.29, 0.717) is 17.3 Å². The zero-order chi connectivity index (χ0) is 18.4. The number of thiocarbonyl (C=S) groups is 1. The number of carbonyl (C=O) groups is 1. The summed E-state index contributed by atoms with van der Waals surface area (Å²) in [5.41, 5.74) is 5.07. The first kappa shape index (κ1) is 18.9. The van der Waals surface area contributed by atoms with Crippen molar-refractivity contribution in [1.82, 2.24) is 5.32 Å². The molecule has 0 amide bonds. The highest BCUT2D eigenvalue weighted by molar-refractivity contribution is 7.80. The van der Waals surface area contributed by atoms with Crippen LogP contribution >= 0.6 is 12.2 Å². The molecule has 0 bridgehead atoms. The second-order valence-corrected chi connectivity index (χ2v) is 6.37. The zero-order valence-corrected chi connectivity index (χ0v) is 15.9. The maximum Gasteiger partial charge on any atom is 0.338 e. The normalized spacial score (nSPS) is 11.5. The highest BCUT2D eigenvalue weighted by Crippen LogP contribution is 2.17. The van der Waals surface area contributed by atoms with Crippen molar-refractivity contribution >= 4 is 29.0 Å². The standard InChI is InChI=1S/C20H24N2O2S/c1-5-24-19(23)16-8-10-18(11-9-16)22-20(25)21-15(4)17-7-6-13(2)14(3)12-17/h6-12,15H,5H2,1-4H3,(H2,21,22,25)/t15-/m0/s1. The molecule has 0 unspecified atom stereocenters. The quantitative estimate of drug-likeness (QED) is 0.609. The predicted molar refractivity (Wildman–Crippen MR) is 106 cm³/mol. The number of carbonyl (C=O) groups excluding carboxylic acids is 1. The third-order valence-corrected chi connectivity index (χ3v) is 4.25. The molecule has 5 heteroatoms. The molecule has 0 radical (unpaired) electrons. The van der Waals surface area contributed by atoms with Gasteiger partial charge in [0.05, 0.1) is 18.2 Å². The largest absolute Gasteiger partial charge is 0.462 e. The smallest absolute Gasteiger partial charge is 0.338 e. The van der Waals surface area contributed by atoms with Crippen LogP contribution in [0.5, 0.6) is 0 Å². The Morgan fingerprint density at radius 2 is 1.80 bits per heavy atom. The van der Waals surface area contributed by atoms with Gasteiger partial charge in [0.25, 0.3) is 0 Å². The van der Waals surface area contributed by atoms with Crippen LogP contribution in [0.15, 0.2) is 42.5 Å². The van der Waals surface area contributed by atoms with E-state index in [-0.39, 0.29) is 12.0 Å². The Balaban J connectivity index is 1.95. The maximum absolute atomic E-state index is 11.7. The van der Waals surface area contributed by atoms with Crippen molar-refractivity contribution in [2.24, 2.45) is 0 Å². The summed E-state index contributed by atoms with van der Waals surface area (Å²) >= 11 is 5.38. The van der Waals surface area contributed by atoms with Gasteiger partial charge in [-0.2, -0.15) is 0 Å². The Morgan fingerprint density at radius 1 is 1.12 bits per heavy atom. The molecule has 0 saturated carbocycles. The molecule has 0 aromatic heterocycles. The van der Waals surface area contributed by atoms with Crippen LogP contribution < -0.4 is 10.6 Å². The van der Waals surface area contributed by atoms with Crippen molar-refractivity contribution in [3.05, 3.63) is 64.7 Å². The van der Waals surface area contributed by atoms with Gasteiger partial charge in [0, 0.05) is 5.69 Å². The fourth-order valence-electron chi connectivity index (χ4n) is 2.39. The highest BCUT2D eigenvalue weighted by Gasteiger charge is 2.09. The molecule has 0 aliphatic heterocycles. The molecule has 4 nitrogen and oxygen atoms in total. The number of ether oxygens (including phenoxy) is 1. The average Bonchev–Trinajstić information content (AvgIpc) is 2.58. The number of anilines is 1. The van der Waals surface area contributed by atoms with E-state index in [0.717, 1.165) is 5.69 Å². The van der Waals surface area contributed by atoms with Gasteiger partial charge in [0.1, 0.15) is 0 Å². The van der Waals surface area contributed by atoms with Gasteiger partial charge < -0.3 is 15.4 Å². The Hall–Kier alpha value is -2.40. The van der Waals surface area contributed by atoms with Crippen molar-refractivity contribution in [1.29, 1.82) is 0 Å². The Kier molecular flexibility index (Phi) is 6.53. The first-order chi connectivity index (χ1) is 11.9. The second kappa shape index (κ2) is 8.62. The third-order valence-electron chi connectivity index (χ3n) is 4.03. The Morgan fingerprint density at radius 3 is 2.40 bits per heavy atom. The lowest BCUT2D eigenvalue weighted by Gasteiger charge is -2.18. The van der Waals surface area contributed by atoms with E-state index in [4.69, 9.17) is 17.0 Å². The summed E-state index contributed by atoms with van der Waals surface area (Å²) in [5, 5.41) is 6.95. The third kappa shape index (κ3) is 5.29. The molecule has 2 rings (SSSR count). The van der Waals surface area contributed by atoms with Crippen LogP contribution in [0.4, 0.5) is 5.69 Å². The summed E-state index contributed by atoms with van der Waals surface area (Å²) in [5.74, 6) is -0.321. The average molecular weight is 356 g/mol. The van der Waals surface area contributed by atoms with Crippen molar-refractivity contribution in [2.75, 3.05) is 11.9 Å². The molecule has 25 heavy (non-hydrogen) atoms. The molecule has 1 atom stereocenters. The van der Waals surface area contributed by atoms with Gasteiger partial charge in [0.2, 0.25) is 0 Å². The summed E-state index contributed by atoms with van der Waals surface area (Å²) in [7, 11) is 0. The van der Waals surface area contributed by atoms with Crippen molar-refractivity contribution in [3.63, 3.8) is 0 Å². The molecule has 132 valence electrons. The van der Waals surface area contributed by atoms with Crippen molar-refractivity contribution in [3.8, 4) is 0 Å². The van der Waals surface area contributed by atoms with Gasteiger partial charge in [-0.25, -0.2) is 4.79 Å². The van der Waals surface area contributed by atoms with Gasteiger partial charge in [-0.15, -0.1) is 0 Å². The van der Waals surface area contributed by atoms with E-state index in [9.17, 15) is 4.79 Å². The molecule has 0 aliphatic carbocycles.